The van der Waals surface area contributed by atoms with Crippen molar-refractivity contribution in [1.29, 1.82) is 0 Å². The molecule has 0 aliphatic heterocycles. The first-order chi connectivity index (χ1) is 7.56. The van der Waals surface area contributed by atoms with Crippen LogP contribution in [-0.4, -0.2) is 33.0 Å². The van der Waals surface area contributed by atoms with Gasteiger partial charge in [-0.15, -0.1) is 4.91 Å². The highest BCUT2D eigenvalue weighted by Gasteiger charge is 2.07. The molecule has 0 aromatic carbocycles. The van der Waals surface area contributed by atoms with Crippen molar-refractivity contribution in [2.45, 2.75) is 6.04 Å². The summed E-state index contributed by atoms with van der Waals surface area (Å²) < 4.78 is 0. The minimum atomic E-state index is -1.03. The first kappa shape index (κ1) is 13.9. The standard InChI is InChI=1S/C8H10N2O3.HNO2/c9-6(4-11)7-2-1-5(3-10-7)8(12)13;2-1-3/h1-3,6,11H,4,9H2,(H,12,13);(H,2,3). The summed E-state index contributed by atoms with van der Waals surface area (Å²) in [5.74, 6) is -1.03. The van der Waals surface area contributed by atoms with E-state index >= 15 is 0 Å². The fraction of sp³-hybridized carbons (Fsp3) is 0.250. The lowest BCUT2D eigenvalue weighted by atomic mass is 10.2. The minimum Gasteiger partial charge on any atom is -0.478 e. The van der Waals surface area contributed by atoms with Crippen molar-refractivity contribution >= 4 is 5.97 Å². The lowest BCUT2D eigenvalue weighted by molar-refractivity contribution is 0.0696. The largest absolute Gasteiger partial charge is 0.478 e. The van der Waals surface area contributed by atoms with Crippen LogP contribution in [0.25, 0.3) is 0 Å². The number of carboxylic acid groups (broad SMARTS) is 1. The monoisotopic (exact) mass is 229 g/mol. The van der Waals surface area contributed by atoms with Crippen molar-refractivity contribution in [2.24, 2.45) is 11.1 Å². The van der Waals surface area contributed by atoms with Gasteiger partial charge in [-0.3, -0.25) is 4.98 Å². The first-order valence-electron chi connectivity index (χ1n) is 4.09. The lowest BCUT2D eigenvalue weighted by Gasteiger charge is -2.06. The quantitative estimate of drug-likeness (QED) is 0.418. The zero-order chi connectivity index (χ0) is 12.6. The molecule has 0 amide bonds. The molecule has 0 fully saturated rings. The van der Waals surface area contributed by atoms with Gasteiger partial charge in [-0.25, -0.2) is 4.79 Å². The van der Waals surface area contributed by atoms with Crippen molar-refractivity contribution in [1.82, 2.24) is 4.98 Å². The highest BCUT2D eigenvalue weighted by molar-refractivity contribution is 5.87. The Balaban J connectivity index is 0.000000673. The lowest BCUT2D eigenvalue weighted by Crippen LogP contribution is -2.16. The van der Waals surface area contributed by atoms with Crippen LogP contribution in [0.4, 0.5) is 0 Å². The van der Waals surface area contributed by atoms with E-state index in [0.29, 0.717) is 5.69 Å². The van der Waals surface area contributed by atoms with E-state index in [1.54, 1.807) is 0 Å². The second-order valence-corrected chi connectivity index (χ2v) is 2.65. The average molecular weight is 229 g/mol. The molecule has 0 spiro atoms. The van der Waals surface area contributed by atoms with Crippen molar-refractivity contribution < 1.29 is 20.2 Å². The van der Waals surface area contributed by atoms with Gasteiger partial charge in [0.25, 0.3) is 0 Å². The van der Waals surface area contributed by atoms with Gasteiger partial charge in [-0.05, 0) is 12.1 Å². The van der Waals surface area contributed by atoms with Gasteiger partial charge in [0.15, 0.2) is 5.34 Å². The van der Waals surface area contributed by atoms with E-state index in [2.05, 4.69) is 4.98 Å². The molecular formula is C8H11N3O5. The molecule has 0 saturated heterocycles. The van der Waals surface area contributed by atoms with Crippen molar-refractivity contribution in [3.05, 3.63) is 34.5 Å². The summed E-state index contributed by atoms with van der Waals surface area (Å²) in [5, 5.41) is 25.1. The molecule has 1 rings (SSSR count). The smallest absolute Gasteiger partial charge is 0.337 e. The number of aliphatic hydroxyl groups excluding tert-OH is 1. The van der Waals surface area contributed by atoms with Crippen LogP contribution in [0.1, 0.15) is 22.1 Å². The molecule has 0 radical (unpaired) electrons. The maximum atomic E-state index is 10.4. The first-order valence-corrected chi connectivity index (χ1v) is 4.09. The Morgan fingerprint density at radius 1 is 1.56 bits per heavy atom. The molecule has 1 aromatic rings. The summed E-state index contributed by atoms with van der Waals surface area (Å²) >= 11 is 0. The molecule has 1 aromatic heterocycles. The van der Waals surface area contributed by atoms with E-state index in [-0.39, 0.29) is 12.2 Å². The van der Waals surface area contributed by atoms with Crippen molar-refractivity contribution in [2.75, 3.05) is 6.61 Å². The second-order valence-electron chi connectivity index (χ2n) is 2.65. The number of aliphatic hydroxyl groups is 1. The molecule has 0 aliphatic carbocycles. The highest BCUT2D eigenvalue weighted by Crippen LogP contribution is 2.06. The maximum Gasteiger partial charge on any atom is 0.337 e. The Labute approximate surface area is 90.3 Å². The van der Waals surface area contributed by atoms with Crippen LogP contribution < -0.4 is 5.73 Å². The fourth-order valence-electron chi connectivity index (χ4n) is 0.845. The summed E-state index contributed by atoms with van der Waals surface area (Å²) in [6, 6.07) is 2.34. The Kier molecular flexibility index (Phi) is 6.33. The van der Waals surface area contributed by atoms with Crippen LogP contribution >= 0.6 is 0 Å². The van der Waals surface area contributed by atoms with Gasteiger partial charge in [0.05, 0.1) is 23.9 Å². The number of nitrogens with two attached hydrogens (primary N) is 1. The third-order valence-electron chi connectivity index (χ3n) is 1.61. The van der Waals surface area contributed by atoms with E-state index in [9.17, 15) is 4.79 Å². The Bertz CT molecular complexity index is 340. The van der Waals surface area contributed by atoms with Gasteiger partial charge >= 0.3 is 5.97 Å². The molecule has 0 aliphatic rings. The number of nitrogens with zero attached hydrogens (tertiary/aromatic N) is 2. The third-order valence-corrected chi connectivity index (χ3v) is 1.61. The number of hydrogen-bond donors (Lipinski definition) is 4. The van der Waals surface area contributed by atoms with Gasteiger partial charge in [0.1, 0.15) is 0 Å². The second kappa shape index (κ2) is 7.26. The van der Waals surface area contributed by atoms with E-state index < -0.39 is 12.0 Å². The summed E-state index contributed by atoms with van der Waals surface area (Å²) in [6.07, 6.45) is 1.22. The van der Waals surface area contributed by atoms with Crippen LogP contribution in [0.15, 0.2) is 23.7 Å². The van der Waals surface area contributed by atoms with Crippen molar-refractivity contribution in [3.63, 3.8) is 0 Å². The number of aromatic carboxylic acids is 1. The zero-order valence-corrected chi connectivity index (χ0v) is 8.15. The SMILES string of the molecule is NC(CO)c1ccc(C(=O)O)cn1.O=NO. The van der Waals surface area contributed by atoms with E-state index in [4.69, 9.17) is 26.1 Å². The summed E-state index contributed by atoms with van der Waals surface area (Å²) in [6.45, 7) is -0.209. The highest BCUT2D eigenvalue weighted by atomic mass is 16.6. The number of carboxylic acids is 1. The molecule has 8 nitrogen and oxygen atoms in total. The Hall–Kier alpha value is -2.06. The molecule has 0 saturated carbocycles. The molecule has 8 heteroatoms. The summed E-state index contributed by atoms with van der Waals surface area (Å²) in [5.41, 5.74) is 6.05. The molecule has 5 N–H and O–H groups in total. The topological polar surface area (TPSA) is 146 Å². The molecule has 1 atom stereocenters. The van der Waals surface area contributed by atoms with Crippen LogP contribution in [0.2, 0.25) is 0 Å². The molecule has 88 valence electrons. The van der Waals surface area contributed by atoms with Crippen molar-refractivity contribution in [3.8, 4) is 0 Å². The van der Waals surface area contributed by atoms with Gasteiger partial charge < -0.3 is 21.2 Å². The van der Waals surface area contributed by atoms with E-state index in [1.165, 1.54) is 23.7 Å². The molecular weight excluding hydrogens is 218 g/mol. The van der Waals surface area contributed by atoms with E-state index in [1.807, 2.05) is 0 Å². The predicted molar refractivity (Wildman–Crippen MR) is 52.8 cm³/mol. The normalized spacial score (nSPS) is 10.9. The van der Waals surface area contributed by atoms with Gasteiger partial charge in [-0.2, -0.15) is 0 Å². The summed E-state index contributed by atoms with van der Waals surface area (Å²) in [4.78, 5) is 22.3. The molecule has 0 bridgehead atoms. The van der Waals surface area contributed by atoms with Gasteiger partial charge in [-0.1, -0.05) is 0 Å². The average Bonchev–Trinajstić information content (AvgIpc) is 2.29. The Morgan fingerprint density at radius 2 is 2.12 bits per heavy atom. The number of pyridine rings is 1. The molecule has 1 heterocycles. The number of rotatable bonds is 3. The van der Waals surface area contributed by atoms with Gasteiger partial charge in [0.2, 0.25) is 0 Å². The van der Waals surface area contributed by atoms with Crippen LogP contribution in [0.5, 0.6) is 0 Å². The predicted octanol–water partition coefficient (Wildman–Crippen LogP) is -0.0861. The zero-order valence-electron chi connectivity index (χ0n) is 8.15. The summed E-state index contributed by atoms with van der Waals surface area (Å²) in [7, 11) is 0. The van der Waals surface area contributed by atoms with Crippen LogP contribution in [0.3, 0.4) is 0 Å². The third kappa shape index (κ3) is 4.44. The minimum absolute atomic E-state index is 0.105. The number of aromatic nitrogens is 1. The number of hydrogen-bond acceptors (Lipinski definition) is 6. The van der Waals surface area contributed by atoms with Crippen LogP contribution in [-0.2, 0) is 0 Å². The number of carbonyl (C=O) groups is 1. The van der Waals surface area contributed by atoms with Crippen LogP contribution in [0, 0.1) is 4.91 Å². The van der Waals surface area contributed by atoms with E-state index in [0.717, 1.165) is 0 Å². The molecule has 1 unspecified atom stereocenters. The van der Waals surface area contributed by atoms with Gasteiger partial charge in [0, 0.05) is 6.20 Å². The fourth-order valence-corrected chi connectivity index (χ4v) is 0.845. The maximum absolute atomic E-state index is 10.4. The molecule has 16 heavy (non-hydrogen) atoms. The Morgan fingerprint density at radius 3 is 2.44 bits per heavy atom.